The van der Waals surface area contributed by atoms with E-state index in [0.717, 1.165) is 36.1 Å². The van der Waals surface area contributed by atoms with Crippen LogP contribution in [-0.2, 0) is 11.0 Å². The number of carbonyl (C=O) groups is 1. The molecular formula is C13H18F3N3OS. The average Bonchev–Trinajstić information content (AvgIpc) is 3.05. The van der Waals surface area contributed by atoms with Crippen LogP contribution >= 0.6 is 11.3 Å². The Balaban J connectivity index is 1.95. The van der Waals surface area contributed by atoms with E-state index >= 15 is 0 Å². The molecule has 0 bridgehead atoms. The minimum Gasteiger partial charge on any atom is -0.347 e. The van der Waals surface area contributed by atoms with Crippen LogP contribution in [0.2, 0.25) is 0 Å². The van der Waals surface area contributed by atoms with Crippen molar-refractivity contribution in [3.05, 3.63) is 16.1 Å². The molecule has 4 nitrogen and oxygen atoms in total. The third-order valence-electron chi connectivity index (χ3n) is 3.45. The van der Waals surface area contributed by atoms with Crippen molar-refractivity contribution in [1.82, 2.24) is 15.6 Å². The van der Waals surface area contributed by atoms with Gasteiger partial charge in [0, 0.05) is 17.8 Å². The van der Waals surface area contributed by atoms with Gasteiger partial charge in [0.15, 0.2) is 5.69 Å². The van der Waals surface area contributed by atoms with E-state index < -0.39 is 17.9 Å². The van der Waals surface area contributed by atoms with E-state index in [9.17, 15) is 18.0 Å². The Morgan fingerprint density at radius 3 is 2.90 bits per heavy atom. The molecule has 2 N–H and O–H groups in total. The number of halogens is 3. The first-order valence-corrected chi connectivity index (χ1v) is 7.83. The molecule has 118 valence electrons. The minimum absolute atomic E-state index is 0.148. The molecule has 0 aromatic carbocycles. The Morgan fingerprint density at radius 1 is 1.62 bits per heavy atom. The first kappa shape index (κ1) is 16.2. The molecule has 2 heterocycles. The first-order valence-electron chi connectivity index (χ1n) is 6.95. The predicted octanol–water partition coefficient (Wildman–Crippen LogP) is 2.87. The summed E-state index contributed by atoms with van der Waals surface area (Å²) < 4.78 is 37.7. The monoisotopic (exact) mass is 321 g/mol. The molecule has 1 aromatic rings. The second-order valence-electron chi connectivity index (χ2n) is 5.09. The standard InChI is InChI=1S/C13H18F3N3OS/c1-2-9(12-19-10(7-21-12)13(14,15)16)18-11(20)6-8-4-3-5-17-8/h7-9,17H,2-6H2,1H3,(H,18,20). The van der Waals surface area contributed by atoms with Crippen LogP contribution in [-0.4, -0.2) is 23.5 Å². The van der Waals surface area contributed by atoms with E-state index in [0.29, 0.717) is 17.8 Å². The van der Waals surface area contributed by atoms with Crippen LogP contribution in [0.15, 0.2) is 5.38 Å². The Bertz CT molecular complexity index is 483. The summed E-state index contributed by atoms with van der Waals surface area (Å²) in [6, 6.07) is -0.287. The second kappa shape index (κ2) is 6.74. The fourth-order valence-electron chi connectivity index (χ4n) is 2.32. The van der Waals surface area contributed by atoms with Crippen molar-refractivity contribution in [1.29, 1.82) is 0 Å². The van der Waals surface area contributed by atoms with Gasteiger partial charge in [0.25, 0.3) is 0 Å². The fourth-order valence-corrected chi connectivity index (χ4v) is 3.28. The molecule has 21 heavy (non-hydrogen) atoms. The molecule has 2 unspecified atom stereocenters. The number of carbonyl (C=O) groups excluding carboxylic acids is 1. The van der Waals surface area contributed by atoms with Gasteiger partial charge in [-0.25, -0.2) is 4.98 Å². The van der Waals surface area contributed by atoms with Gasteiger partial charge in [-0.05, 0) is 25.8 Å². The normalized spacial score (nSPS) is 20.5. The molecule has 8 heteroatoms. The van der Waals surface area contributed by atoms with Crippen LogP contribution < -0.4 is 10.6 Å². The number of nitrogens with zero attached hydrogens (tertiary/aromatic N) is 1. The topological polar surface area (TPSA) is 54.0 Å². The number of alkyl halides is 3. The van der Waals surface area contributed by atoms with Crippen molar-refractivity contribution in [3.8, 4) is 0 Å². The molecule has 1 aromatic heterocycles. The van der Waals surface area contributed by atoms with Gasteiger partial charge in [-0.2, -0.15) is 13.2 Å². The lowest BCUT2D eigenvalue weighted by atomic mass is 10.1. The molecule has 1 aliphatic rings. The van der Waals surface area contributed by atoms with Crippen LogP contribution in [0, 0.1) is 0 Å². The molecule has 1 amide bonds. The summed E-state index contributed by atoms with van der Waals surface area (Å²) in [5.74, 6) is -0.148. The lowest BCUT2D eigenvalue weighted by Crippen LogP contribution is -2.34. The highest BCUT2D eigenvalue weighted by atomic mass is 32.1. The van der Waals surface area contributed by atoms with Crippen molar-refractivity contribution in [2.45, 2.75) is 50.9 Å². The maximum atomic E-state index is 12.6. The SMILES string of the molecule is CCC(NC(=O)CC1CCCN1)c1nc(C(F)(F)F)cs1. The van der Waals surface area contributed by atoms with E-state index in [-0.39, 0.29) is 11.9 Å². The van der Waals surface area contributed by atoms with Gasteiger partial charge in [-0.1, -0.05) is 6.92 Å². The largest absolute Gasteiger partial charge is 0.434 e. The number of rotatable bonds is 5. The summed E-state index contributed by atoms with van der Waals surface area (Å²) in [7, 11) is 0. The fraction of sp³-hybridized carbons (Fsp3) is 0.692. The highest BCUT2D eigenvalue weighted by Gasteiger charge is 2.34. The molecule has 0 radical (unpaired) electrons. The molecule has 1 saturated heterocycles. The van der Waals surface area contributed by atoms with Crippen molar-refractivity contribution in [3.63, 3.8) is 0 Å². The molecule has 2 atom stereocenters. The van der Waals surface area contributed by atoms with Crippen LogP contribution in [0.25, 0.3) is 0 Å². The van der Waals surface area contributed by atoms with Gasteiger partial charge in [0.1, 0.15) is 5.01 Å². The molecular weight excluding hydrogens is 303 g/mol. The Kier molecular flexibility index (Phi) is 5.21. The van der Waals surface area contributed by atoms with E-state index in [2.05, 4.69) is 15.6 Å². The van der Waals surface area contributed by atoms with Crippen LogP contribution in [0.3, 0.4) is 0 Å². The van der Waals surface area contributed by atoms with Crippen molar-refractivity contribution >= 4 is 17.2 Å². The maximum absolute atomic E-state index is 12.6. The summed E-state index contributed by atoms with van der Waals surface area (Å²) in [5.41, 5.74) is -0.896. The Labute approximate surface area is 125 Å². The first-order chi connectivity index (χ1) is 9.90. The van der Waals surface area contributed by atoms with Crippen molar-refractivity contribution in [2.24, 2.45) is 0 Å². The molecule has 1 fully saturated rings. The van der Waals surface area contributed by atoms with Gasteiger partial charge in [-0.3, -0.25) is 4.79 Å². The zero-order valence-corrected chi connectivity index (χ0v) is 12.5. The van der Waals surface area contributed by atoms with Gasteiger partial charge >= 0.3 is 6.18 Å². The molecule has 0 spiro atoms. The molecule has 0 aliphatic carbocycles. The number of thiazole rings is 1. The quantitative estimate of drug-likeness (QED) is 0.877. The highest BCUT2D eigenvalue weighted by molar-refractivity contribution is 7.09. The summed E-state index contributed by atoms with van der Waals surface area (Å²) in [4.78, 5) is 15.5. The molecule has 0 saturated carbocycles. The Hall–Kier alpha value is -1.15. The summed E-state index contributed by atoms with van der Waals surface area (Å²) in [5, 5.41) is 7.29. The lowest BCUT2D eigenvalue weighted by molar-refractivity contribution is -0.140. The number of amides is 1. The van der Waals surface area contributed by atoms with Gasteiger partial charge in [0.2, 0.25) is 5.91 Å². The third-order valence-corrected chi connectivity index (χ3v) is 4.41. The summed E-state index contributed by atoms with van der Waals surface area (Å²) in [6.45, 7) is 2.73. The smallest absolute Gasteiger partial charge is 0.347 e. The summed E-state index contributed by atoms with van der Waals surface area (Å²) in [6.07, 6.45) is -1.57. The second-order valence-corrected chi connectivity index (χ2v) is 5.98. The van der Waals surface area contributed by atoms with Crippen LogP contribution in [0.4, 0.5) is 13.2 Å². The van der Waals surface area contributed by atoms with Crippen LogP contribution in [0.5, 0.6) is 0 Å². The van der Waals surface area contributed by atoms with Crippen molar-refractivity contribution in [2.75, 3.05) is 6.54 Å². The van der Waals surface area contributed by atoms with E-state index in [1.54, 1.807) is 0 Å². The van der Waals surface area contributed by atoms with Crippen LogP contribution in [0.1, 0.15) is 49.4 Å². The van der Waals surface area contributed by atoms with Gasteiger partial charge < -0.3 is 10.6 Å². The molecule has 1 aliphatic heterocycles. The minimum atomic E-state index is -4.44. The zero-order valence-electron chi connectivity index (χ0n) is 11.7. The zero-order chi connectivity index (χ0) is 15.5. The number of nitrogens with one attached hydrogen (secondary N) is 2. The predicted molar refractivity (Wildman–Crippen MR) is 73.9 cm³/mol. The van der Waals surface area contributed by atoms with E-state index in [1.807, 2.05) is 6.92 Å². The highest BCUT2D eigenvalue weighted by Crippen LogP contribution is 2.32. The maximum Gasteiger partial charge on any atom is 0.434 e. The molecule has 2 rings (SSSR count). The number of hydrogen-bond donors (Lipinski definition) is 2. The van der Waals surface area contributed by atoms with E-state index in [1.165, 1.54) is 0 Å². The summed E-state index contributed by atoms with van der Waals surface area (Å²) >= 11 is 0.932. The average molecular weight is 321 g/mol. The number of hydrogen-bond acceptors (Lipinski definition) is 4. The van der Waals surface area contributed by atoms with Gasteiger partial charge in [-0.15, -0.1) is 11.3 Å². The third kappa shape index (κ3) is 4.41. The van der Waals surface area contributed by atoms with E-state index in [4.69, 9.17) is 0 Å². The van der Waals surface area contributed by atoms with Crippen molar-refractivity contribution < 1.29 is 18.0 Å². The number of aromatic nitrogens is 1. The lowest BCUT2D eigenvalue weighted by Gasteiger charge is -2.16. The van der Waals surface area contributed by atoms with Gasteiger partial charge in [0.05, 0.1) is 6.04 Å². The Morgan fingerprint density at radius 2 is 2.38 bits per heavy atom.